The van der Waals surface area contributed by atoms with Crippen LogP contribution in [0, 0.1) is 0 Å². The molecule has 21 heavy (non-hydrogen) atoms. The third-order valence-electron chi connectivity index (χ3n) is 2.64. The summed E-state index contributed by atoms with van der Waals surface area (Å²) in [6, 6.07) is 0.640. The number of halogens is 4. The largest absolute Gasteiger partial charge is 0.432 e. The van der Waals surface area contributed by atoms with Gasteiger partial charge in [-0.3, -0.25) is 14.6 Å². The van der Waals surface area contributed by atoms with Gasteiger partial charge >= 0.3 is 6.18 Å². The molecule has 0 atom stereocenters. The van der Waals surface area contributed by atoms with Crippen molar-refractivity contribution in [2.24, 2.45) is 0 Å². The summed E-state index contributed by atoms with van der Waals surface area (Å²) in [4.78, 5) is 11.7. The summed E-state index contributed by atoms with van der Waals surface area (Å²) < 4.78 is 38.7. The SMILES string of the molecule is CCn1cc(Cl)c(CNC(=O)c2cc(C(F)(F)F)[nH]n2)n1. The molecule has 1 amide bonds. The molecule has 2 N–H and O–H groups in total. The Balaban J connectivity index is 2.01. The molecule has 0 saturated carbocycles. The van der Waals surface area contributed by atoms with E-state index in [0.29, 0.717) is 23.3 Å². The second-order valence-electron chi connectivity index (χ2n) is 4.13. The lowest BCUT2D eigenvalue weighted by atomic mass is 10.3. The first-order chi connectivity index (χ1) is 9.81. The molecule has 0 radical (unpaired) electrons. The van der Waals surface area contributed by atoms with Gasteiger partial charge in [0.1, 0.15) is 11.4 Å². The summed E-state index contributed by atoms with van der Waals surface area (Å²) in [5, 5.41) is 12.0. The number of alkyl halides is 3. The van der Waals surface area contributed by atoms with Crippen LogP contribution in [0.4, 0.5) is 13.2 Å². The predicted octanol–water partition coefficient (Wildman–Crippen LogP) is 2.23. The van der Waals surface area contributed by atoms with Gasteiger partial charge in [-0.2, -0.15) is 23.4 Å². The fourth-order valence-electron chi connectivity index (χ4n) is 1.56. The molecule has 2 aromatic rings. The highest BCUT2D eigenvalue weighted by Gasteiger charge is 2.33. The lowest BCUT2D eigenvalue weighted by Crippen LogP contribution is -2.23. The Morgan fingerprint density at radius 1 is 1.52 bits per heavy atom. The second kappa shape index (κ2) is 5.76. The number of nitrogens with zero attached hydrogens (tertiary/aromatic N) is 3. The van der Waals surface area contributed by atoms with Crippen LogP contribution in [-0.2, 0) is 19.3 Å². The zero-order chi connectivity index (χ0) is 15.6. The van der Waals surface area contributed by atoms with Gasteiger partial charge in [0.15, 0.2) is 5.69 Å². The topological polar surface area (TPSA) is 75.6 Å². The number of carbonyl (C=O) groups is 1. The molecule has 6 nitrogen and oxygen atoms in total. The molecule has 2 heterocycles. The number of aromatic amines is 1. The van der Waals surface area contributed by atoms with Crippen molar-refractivity contribution < 1.29 is 18.0 Å². The summed E-state index contributed by atoms with van der Waals surface area (Å²) in [7, 11) is 0. The quantitative estimate of drug-likeness (QED) is 0.906. The van der Waals surface area contributed by atoms with Crippen LogP contribution in [0.25, 0.3) is 0 Å². The zero-order valence-corrected chi connectivity index (χ0v) is 11.6. The Morgan fingerprint density at radius 3 is 2.76 bits per heavy atom. The van der Waals surface area contributed by atoms with E-state index in [2.05, 4.69) is 15.5 Å². The number of amides is 1. The van der Waals surface area contributed by atoms with Crippen LogP contribution in [0.2, 0.25) is 5.02 Å². The van der Waals surface area contributed by atoms with Crippen molar-refractivity contribution >= 4 is 17.5 Å². The van der Waals surface area contributed by atoms with Gasteiger partial charge in [0.05, 0.1) is 11.6 Å². The van der Waals surface area contributed by atoms with E-state index in [1.54, 1.807) is 16.0 Å². The minimum absolute atomic E-state index is 0.00111. The van der Waals surface area contributed by atoms with E-state index in [-0.39, 0.29) is 12.2 Å². The maximum atomic E-state index is 12.4. The third-order valence-corrected chi connectivity index (χ3v) is 2.96. The number of H-pyrrole nitrogens is 1. The van der Waals surface area contributed by atoms with E-state index in [0.717, 1.165) is 0 Å². The monoisotopic (exact) mass is 321 g/mol. The Morgan fingerprint density at radius 2 is 2.24 bits per heavy atom. The maximum Gasteiger partial charge on any atom is 0.432 e. The molecule has 2 aromatic heterocycles. The number of carbonyl (C=O) groups excluding carboxylic acids is 1. The molecule has 114 valence electrons. The minimum atomic E-state index is -4.57. The van der Waals surface area contributed by atoms with Gasteiger partial charge < -0.3 is 5.32 Å². The van der Waals surface area contributed by atoms with Crippen LogP contribution in [0.3, 0.4) is 0 Å². The highest BCUT2D eigenvalue weighted by molar-refractivity contribution is 6.31. The smallest absolute Gasteiger partial charge is 0.345 e. The highest BCUT2D eigenvalue weighted by atomic mass is 35.5. The van der Waals surface area contributed by atoms with E-state index in [1.165, 1.54) is 0 Å². The molecule has 10 heteroatoms. The normalized spacial score (nSPS) is 11.7. The molecular weight excluding hydrogens is 311 g/mol. The van der Waals surface area contributed by atoms with Crippen molar-refractivity contribution in [1.82, 2.24) is 25.3 Å². The molecule has 0 bridgehead atoms. The lowest BCUT2D eigenvalue weighted by Gasteiger charge is -2.01. The van der Waals surface area contributed by atoms with Gasteiger partial charge in [-0.25, -0.2) is 0 Å². The van der Waals surface area contributed by atoms with E-state index in [4.69, 9.17) is 11.6 Å². The first kappa shape index (κ1) is 15.4. The Labute approximate surface area is 122 Å². The first-order valence-electron chi connectivity index (χ1n) is 5.94. The lowest BCUT2D eigenvalue weighted by molar-refractivity contribution is -0.141. The van der Waals surface area contributed by atoms with Gasteiger partial charge in [-0.05, 0) is 6.92 Å². The number of aryl methyl sites for hydroxylation is 1. The maximum absolute atomic E-state index is 12.4. The zero-order valence-electron chi connectivity index (χ0n) is 10.8. The number of hydrogen-bond acceptors (Lipinski definition) is 3. The predicted molar refractivity (Wildman–Crippen MR) is 67.7 cm³/mol. The van der Waals surface area contributed by atoms with Crippen LogP contribution in [0.1, 0.15) is 28.8 Å². The average Bonchev–Trinajstić information content (AvgIpc) is 3.02. The number of rotatable bonds is 4. The van der Waals surface area contributed by atoms with Gasteiger partial charge in [-0.15, -0.1) is 0 Å². The molecule has 0 aliphatic heterocycles. The van der Waals surface area contributed by atoms with Crippen molar-refractivity contribution in [2.75, 3.05) is 0 Å². The van der Waals surface area contributed by atoms with E-state index in [1.807, 2.05) is 6.92 Å². The molecule has 0 unspecified atom stereocenters. The van der Waals surface area contributed by atoms with Crippen LogP contribution in [-0.4, -0.2) is 25.9 Å². The fraction of sp³-hybridized carbons (Fsp3) is 0.364. The molecule has 0 aromatic carbocycles. The van der Waals surface area contributed by atoms with Crippen molar-refractivity contribution in [3.8, 4) is 0 Å². The Bertz CT molecular complexity index is 649. The van der Waals surface area contributed by atoms with Crippen molar-refractivity contribution in [2.45, 2.75) is 26.2 Å². The van der Waals surface area contributed by atoms with Crippen molar-refractivity contribution in [3.05, 3.63) is 34.4 Å². The Hall–Kier alpha value is -2.03. The number of hydrogen-bond donors (Lipinski definition) is 2. The molecule has 0 spiro atoms. The van der Waals surface area contributed by atoms with Crippen molar-refractivity contribution in [3.63, 3.8) is 0 Å². The van der Waals surface area contributed by atoms with Gasteiger partial charge in [0.2, 0.25) is 0 Å². The molecule has 0 aliphatic carbocycles. The molecule has 0 aliphatic rings. The third kappa shape index (κ3) is 3.54. The van der Waals surface area contributed by atoms with Crippen LogP contribution >= 0.6 is 11.6 Å². The average molecular weight is 322 g/mol. The number of aromatic nitrogens is 4. The van der Waals surface area contributed by atoms with E-state index in [9.17, 15) is 18.0 Å². The second-order valence-corrected chi connectivity index (χ2v) is 4.53. The van der Waals surface area contributed by atoms with Crippen molar-refractivity contribution in [1.29, 1.82) is 0 Å². The fourth-order valence-corrected chi connectivity index (χ4v) is 1.77. The van der Waals surface area contributed by atoms with Gasteiger partial charge in [0.25, 0.3) is 5.91 Å². The van der Waals surface area contributed by atoms with Crippen LogP contribution in [0.15, 0.2) is 12.3 Å². The molecule has 0 fully saturated rings. The van der Waals surface area contributed by atoms with Gasteiger partial charge in [0, 0.05) is 18.8 Å². The number of nitrogens with one attached hydrogen (secondary N) is 2. The standard InChI is InChI=1S/C11H11ClF3N5O/c1-2-20-5-6(12)8(19-20)4-16-10(21)7-3-9(18-17-7)11(13,14)15/h3,5H,2,4H2,1H3,(H,16,21)(H,17,18). The Kier molecular flexibility index (Phi) is 4.21. The summed E-state index contributed by atoms with van der Waals surface area (Å²) >= 11 is 5.91. The van der Waals surface area contributed by atoms with E-state index < -0.39 is 17.8 Å². The van der Waals surface area contributed by atoms with Gasteiger partial charge in [-0.1, -0.05) is 11.6 Å². The summed E-state index contributed by atoms with van der Waals surface area (Å²) in [6.07, 6.45) is -2.98. The molecule has 0 saturated heterocycles. The highest BCUT2D eigenvalue weighted by Crippen LogP contribution is 2.27. The van der Waals surface area contributed by atoms with E-state index >= 15 is 0 Å². The molecule has 2 rings (SSSR count). The minimum Gasteiger partial charge on any atom is -0.345 e. The van der Waals surface area contributed by atoms with Crippen LogP contribution in [0.5, 0.6) is 0 Å². The summed E-state index contributed by atoms with van der Waals surface area (Å²) in [5.74, 6) is -0.746. The molecular formula is C11H11ClF3N5O. The summed E-state index contributed by atoms with van der Waals surface area (Å²) in [6.45, 7) is 2.48. The summed E-state index contributed by atoms with van der Waals surface area (Å²) in [5.41, 5.74) is -1.01. The van der Waals surface area contributed by atoms with Crippen LogP contribution < -0.4 is 5.32 Å². The first-order valence-corrected chi connectivity index (χ1v) is 6.31.